The van der Waals surface area contributed by atoms with Crippen molar-refractivity contribution in [3.8, 4) is 0 Å². The first-order valence-corrected chi connectivity index (χ1v) is 7.72. The molecule has 116 valence electrons. The van der Waals surface area contributed by atoms with Gasteiger partial charge in [0.2, 0.25) is 0 Å². The van der Waals surface area contributed by atoms with E-state index in [0.29, 0.717) is 11.6 Å². The predicted molar refractivity (Wildman–Crippen MR) is 79.1 cm³/mol. The second kappa shape index (κ2) is 5.77. The number of amides is 1. The molecule has 0 aromatic carbocycles. The molecule has 21 heavy (non-hydrogen) atoms. The highest BCUT2D eigenvalue weighted by Crippen LogP contribution is 2.38. The average molecular weight is 292 g/mol. The number of hydrogen-bond acceptors (Lipinski definition) is 4. The number of nitrogens with one attached hydrogen (secondary N) is 1. The van der Waals surface area contributed by atoms with E-state index in [4.69, 9.17) is 4.74 Å². The van der Waals surface area contributed by atoms with Crippen LogP contribution in [0.15, 0.2) is 12.3 Å². The maximum Gasteiger partial charge on any atom is 0.271 e. The Morgan fingerprint density at radius 2 is 2.38 bits per heavy atom. The molecule has 1 N–H and O–H groups in total. The van der Waals surface area contributed by atoms with Crippen molar-refractivity contribution < 1.29 is 9.53 Å². The summed E-state index contributed by atoms with van der Waals surface area (Å²) >= 11 is 0. The van der Waals surface area contributed by atoms with Gasteiger partial charge < -0.3 is 9.64 Å². The molecule has 1 amide bonds. The molecule has 0 saturated carbocycles. The molecule has 3 heterocycles. The standard InChI is InChI=1S/C15H24N4O2/c1-3-21-9-12-5-7-18(2)15(8-12)10-19(11-15)14(20)13-4-6-16-17-13/h4,6,12H,3,5,7-11H2,1-2H3,(H,16,17)/t12-/m1/s1. The lowest BCUT2D eigenvalue weighted by Gasteiger charge is -2.58. The minimum atomic E-state index is 0.0541. The van der Waals surface area contributed by atoms with Gasteiger partial charge in [-0.2, -0.15) is 5.10 Å². The molecule has 2 aliphatic rings. The molecule has 1 aromatic rings. The van der Waals surface area contributed by atoms with Crippen molar-refractivity contribution in [3.05, 3.63) is 18.0 Å². The van der Waals surface area contributed by atoms with Gasteiger partial charge in [0.1, 0.15) is 5.69 Å². The molecular weight excluding hydrogens is 268 g/mol. The number of nitrogens with zero attached hydrogens (tertiary/aromatic N) is 3. The Labute approximate surface area is 125 Å². The highest BCUT2D eigenvalue weighted by Gasteiger charge is 2.51. The van der Waals surface area contributed by atoms with Crippen molar-refractivity contribution >= 4 is 5.91 Å². The third kappa shape index (κ3) is 2.70. The summed E-state index contributed by atoms with van der Waals surface area (Å²) in [5.74, 6) is 0.670. The molecule has 2 aliphatic heterocycles. The van der Waals surface area contributed by atoms with Crippen LogP contribution in [0.25, 0.3) is 0 Å². The lowest BCUT2D eigenvalue weighted by molar-refractivity contribution is -0.0753. The molecule has 0 radical (unpaired) electrons. The number of piperidine rings is 1. The van der Waals surface area contributed by atoms with E-state index in [-0.39, 0.29) is 11.4 Å². The van der Waals surface area contributed by atoms with Crippen LogP contribution in [-0.4, -0.2) is 71.3 Å². The first-order chi connectivity index (χ1) is 10.1. The van der Waals surface area contributed by atoms with E-state index in [1.165, 1.54) is 6.42 Å². The molecule has 1 aromatic heterocycles. The lowest BCUT2D eigenvalue weighted by Crippen LogP contribution is -2.72. The fourth-order valence-electron chi connectivity index (χ4n) is 3.56. The summed E-state index contributed by atoms with van der Waals surface area (Å²) in [4.78, 5) is 16.6. The second-order valence-electron chi connectivity index (χ2n) is 6.30. The summed E-state index contributed by atoms with van der Waals surface area (Å²) in [5.41, 5.74) is 0.726. The Morgan fingerprint density at radius 3 is 3.05 bits per heavy atom. The second-order valence-corrected chi connectivity index (χ2v) is 6.30. The van der Waals surface area contributed by atoms with Crippen LogP contribution in [0.3, 0.4) is 0 Å². The Balaban J connectivity index is 1.60. The van der Waals surface area contributed by atoms with Crippen LogP contribution < -0.4 is 0 Å². The predicted octanol–water partition coefficient (Wildman–Crippen LogP) is 0.983. The summed E-state index contributed by atoms with van der Waals surface area (Å²) < 4.78 is 5.59. The monoisotopic (exact) mass is 292 g/mol. The zero-order valence-electron chi connectivity index (χ0n) is 12.8. The van der Waals surface area contributed by atoms with Crippen LogP contribution in [0, 0.1) is 5.92 Å². The minimum Gasteiger partial charge on any atom is -0.381 e. The number of hydrogen-bond donors (Lipinski definition) is 1. The normalized spacial score (nSPS) is 25.0. The van der Waals surface area contributed by atoms with E-state index < -0.39 is 0 Å². The van der Waals surface area contributed by atoms with E-state index in [0.717, 1.165) is 39.3 Å². The van der Waals surface area contributed by atoms with Crippen LogP contribution in [0.4, 0.5) is 0 Å². The van der Waals surface area contributed by atoms with Gasteiger partial charge in [0.05, 0.1) is 5.54 Å². The highest BCUT2D eigenvalue weighted by molar-refractivity contribution is 5.93. The van der Waals surface area contributed by atoms with Gasteiger partial charge in [-0.3, -0.25) is 14.8 Å². The fraction of sp³-hybridized carbons (Fsp3) is 0.733. The SMILES string of the molecule is CCOC[C@@H]1CCN(C)C2(C1)CN(C(=O)c1ccn[nH]1)C2. The number of likely N-dealkylation sites (N-methyl/N-ethyl adjacent to an activating group) is 1. The maximum absolute atomic E-state index is 12.3. The van der Waals surface area contributed by atoms with E-state index in [1.54, 1.807) is 12.3 Å². The van der Waals surface area contributed by atoms with Crippen molar-refractivity contribution in [2.24, 2.45) is 5.92 Å². The Kier molecular flexibility index (Phi) is 3.99. The van der Waals surface area contributed by atoms with Gasteiger partial charge >= 0.3 is 0 Å². The molecule has 6 nitrogen and oxygen atoms in total. The lowest BCUT2D eigenvalue weighted by atomic mass is 9.75. The van der Waals surface area contributed by atoms with Gasteiger partial charge in [-0.15, -0.1) is 0 Å². The van der Waals surface area contributed by atoms with Gasteiger partial charge in [-0.05, 0) is 45.3 Å². The Hall–Kier alpha value is -1.40. The number of aromatic nitrogens is 2. The number of ether oxygens (including phenoxy) is 1. The molecule has 3 rings (SSSR count). The molecule has 1 spiro atoms. The molecule has 1 atom stereocenters. The molecular formula is C15H24N4O2. The molecule has 2 saturated heterocycles. The summed E-state index contributed by atoms with van der Waals surface area (Å²) in [5, 5.41) is 6.60. The highest BCUT2D eigenvalue weighted by atomic mass is 16.5. The fourth-order valence-corrected chi connectivity index (χ4v) is 3.56. The van der Waals surface area contributed by atoms with E-state index >= 15 is 0 Å². The topological polar surface area (TPSA) is 61.5 Å². The first-order valence-electron chi connectivity index (χ1n) is 7.72. The number of aromatic amines is 1. The number of rotatable bonds is 4. The third-order valence-electron chi connectivity index (χ3n) is 4.90. The smallest absolute Gasteiger partial charge is 0.271 e. The van der Waals surface area contributed by atoms with Crippen molar-refractivity contribution in [2.75, 3.05) is 39.9 Å². The number of likely N-dealkylation sites (tertiary alicyclic amines) is 2. The van der Waals surface area contributed by atoms with Crippen LogP contribution >= 0.6 is 0 Å². The van der Waals surface area contributed by atoms with E-state index in [2.05, 4.69) is 22.1 Å². The Bertz CT molecular complexity index is 480. The van der Waals surface area contributed by atoms with Crippen molar-refractivity contribution in [3.63, 3.8) is 0 Å². The summed E-state index contributed by atoms with van der Waals surface area (Å²) in [6.07, 6.45) is 3.93. The summed E-state index contributed by atoms with van der Waals surface area (Å²) in [6, 6.07) is 1.73. The summed E-state index contributed by atoms with van der Waals surface area (Å²) in [6.45, 7) is 6.38. The third-order valence-corrected chi connectivity index (χ3v) is 4.90. The molecule has 0 bridgehead atoms. The van der Waals surface area contributed by atoms with Crippen molar-refractivity contribution in [1.29, 1.82) is 0 Å². The van der Waals surface area contributed by atoms with E-state index in [9.17, 15) is 4.79 Å². The first kappa shape index (κ1) is 14.5. The molecule has 0 unspecified atom stereocenters. The van der Waals surface area contributed by atoms with Crippen molar-refractivity contribution in [2.45, 2.75) is 25.3 Å². The van der Waals surface area contributed by atoms with Gasteiger partial charge in [0.25, 0.3) is 5.91 Å². The van der Waals surface area contributed by atoms with Crippen molar-refractivity contribution in [1.82, 2.24) is 20.0 Å². The maximum atomic E-state index is 12.3. The van der Waals surface area contributed by atoms with Crippen LogP contribution in [0.1, 0.15) is 30.3 Å². The number of H-pyrrole nitrogens is 1. The van der Waals surface area contributed by atoms with Gasteiger partial charge in [-0.1, -0.05) is 0 Å². The van der Waals surface area contributed by atoms with E-state index in [1.807, 2.05) is 11.8 Å². The Morgan fingerprint density at radius 1 is 1.57 bits per heavy atom. The largest absolute Gasteiger partial charge is 0.381 e. The van der Waals surface area contributed by atoms with Crippen LogP contribution in [-0.2, 0) is 4.74 Å². The quantitative estimate of drug-likeness (QED) is 0.899. The zero-order chi connectivity index (χ0) is 14.9. The van der Waals surface area contributed by atoms with Crippen LogP contribution in [0.2, 0.25) is 0 Å². The molecule has 0 aliphatic carbocycles. The van der Waals surface area contributed by atoms with Gasteiger partial charge in [0.15, 0.2) is 0 Å². The average Bonchev–Trinajstić information content (AvgIpc) is 2.97. The molecule has 2 fully saturated rings. The number of carbonyl (C=O) groups excluding carboxylic acids is 1. The minimum absolute atomic E-state index is 0.0541. The molecule has 6 heteroatoms. The van der Waals surface area contributed by atoms with Gasteiger partial charge in [0, 0.05) is 32.5 Å². The zero-order valence-corrected chi connectivity index (χ0v) is 12.8. The number of carbonyl (C=O) groups is 1. The van der Waals surface area contributed by atoms with Gasteiger partial charge in [-0.25, -0.2) is 0 Å². The summed E-state index contributed by atoms with van der Waals surface area (Å²) in [7, 11) is 2.18. The van der Waals surface area contributed by atoms with Crippen LogP contribution in [0.5, 0.6) is 0 Å².